The van der Waals surface area contributed by atoms with Crippen molar-refractivity contribution in [2.75, 3.05) is 20.8 Å². The average molecular weight is 443 g/mol. The van der Waals surface area contributed by atoms with Gasteiger partial charge in [-0.2, -0.15) is 0 Å². The summed E-state index contributed by atoms with van der Waals surface area (Å²) in [6, 6.07) is 8.97. The molecule has 32 heavy (non-hydrogen) atoms. The largest absolute Gasteiger partial charge is 0.493 e. The molecule has 1 amide bonds. The predicted molar refractivity (Wildman–Crippen MR) is 118 cm³/mol. The van der Waals surface area contributed by atoms with Gasteiger partial charge in [0, 0.05) is 31.1 Å². The van der Waals surface area contributed by atoms with Crippen LogP contribution in [-0.4, -0.2) is 49.8 Å². The summed E-state index contributed by atoms with van der Waals surface area (Å²) < 4.78 is 21.7. The first-order valence-electron chi connectivity index (χ1n) is 10.7. The molecule has 1 aromatic carbocycles. The lowest BCUT2D eigenvalue weighted by atomic mass is 9.78. The van der Waals surface area contributed by atoms with Crippen LogP contribution >= 0.6 is 0 Å². The molecule has 1 N–H and O–H groups in total. The van der Waals surface area contributed by atoms with Crippen molar-refractivity contribution < 1.29 is 28.5 Å². The zero-order valence-electron chi connectivity index (χ0n) is 18.9. The van der Waals surface area contributed by atoms with E-state index in [1.54, 1.807) is 19.2 Å². The van der Waals surface area contributed by atoms with E-state index in [2.05, 4.69) is 10.3 Å². The first kappa shape index (κ1) is 23.4. The predicted octanol–water partition coefficient (Wildman–Crippen LogP) is 3.50. The Bertz CT molecular complexity index is 931. The van der Waals surface area contributed by atoms with Gasteiger partial charge in [-0.1, -0.05) is 6.07 Å². The van der Waals surface area contributed by atoms with Crippen molar-refractivity contribution in [3.63, 3.8) is 0 Å². The number of amides is 1. The van der Waals surface area contributed by atoms with E-state index in [9.17, 15) is 9.59 Å². The molecular weight excluding hydrogens is 412 g/mol. The molecule has 0 saturated heterocycles. The molecule has 0 spiro atoms. The number of ether oxygens (including phenoxy) is 4. The highest BCUT2D eigenvalue weighted by atomic mass is 16.5. The van der Waals surface area contributed by atoms with Gasteiger partial charge in [-0.25, -0.2) is 4.98 Å². The summed E-state index contributed by atoms with van der Waals surface area (Å²) in [5, 5.41) is 3.14. The highest BCUT2D eigenvalue weighted by Crippen LogP contribution is 2.38. The standard InChI is InChI=1S/C24H30N2O6/c1-5-31-22-12-16(6-10-21(22)29-3)19-13-18(32-15(2)27)8-9-20(19)26-24(28)17-7-11-23(30-4)25-14-17/h6-7,10-12,14,18-20H,5,8-9,13H2,1-4H3,(H,26,28)/t18-,19-,20-/m1/s1. The van der Waals surface area contributed by atoms with Crippen molar-refractivity contribution in [3.8, 4) is 17.4 Å². The van der Waals surface area contributed by atoms with Gasteiger partial charge >= 0.3 is 5.97 Å². The van der Waals surface area contributed by atoms with E-state index in [4.69, 9.17) is 18.9 Å². The topological polar surface area (TPSA) is 96.0 Å². The van der Waals surface area contributed by atoms with E-state index >= 15 is 0 Å². The van der Waals surface area contributed by atoms with Gasteiger partial charge in [-0.05, 0) is 49.9 Å². The number of hydrogen-bond acceptors (Lipinski definition) is 7. The van der Waals surface area contributed by atoms with Crippen molar-refractivity contribution in [1.82, 2.24) is 10.3 Å². The molecule has 172 valence electrons. The maximum Gasteiger partial charge on any atom is 0.302 e. The number of nitrogens with one attached hydrogen (secondary N) is 1. The lowest BCUT2D eigenvalue weighted by molar-refractivity contribution is -0.148. The number of methoxy groups -OCH3 is 2. The van der Waals surface area contributed by atoms with Crippen LogP contribution in [-0.2, 0) is 9.53 Å². The molecule has 1 aliphatic carbocycles. The molecule has 1 fully saturated rings. The number of benzene rings is 1. The molecule has 0 unspecified atom stereocenters. The van der Waals surface area contributed by atoms with Gasteiger partial charge in [0.2, 0.25) is 5.88 Å². The van der Waals surface area contributed by atoms with Crippen LogP contribution in [0.3, 0.4) is 0 Å². The van der Waals surface area contributed by atoms with E-state index < -0.39 is 0 Å². The van der Waals surface area contributed by atoms with Crippen molar-refractivity contribution in [3.05, 3.63) is 47.7 Å². The van der Waals surface area contributed by atoms with Crippen LogP contribution in [0.5, 0.6) is 17.4 Å². The van der Waals surface area contributed by atoms with E-state index in [0.29, 0.717) is 48.8 Å². The van der Waals surface area contributed by atoms with Gasteiger partial charge in [0.05, 0.1) is 26.4 Å². The second kappa shape index (κ2) is 10.8. The summed E-state index contributed by atoms with van der Waals surface area (Å²) in [5.74, 6) is 1.17. The Kier molecular flexibility index (Phi) is 7.92. The Morgan fingerprint density at radius 1 is 1.09 bits per heavy atom. The summed E-state index contributed by atoms with van der Waals surface area (Å²) in [6.45, 7) is 3.83. The smallest absolute Gasteiger partial charge is 0.302 e. The number of esters is 1. The fraction of sp³-hybridized carbons (Fsp3) is 0.458. The summed E-state index contributed by atoms with van der Waals surface area (Å²) >= 11 is 0. The van der Waals surface area contributed by atoms with Gasteiger partial charge in [0.25, 0.3) is 5.91 Å². The molecule has 1 saturated carbocycles. The molecule has 3 atom stereocenters. The fourth-order valence-corrected chi connectivity index (χ4v) is 4.09. The minimum Gasteiger partial charge on any atom is -0.493 e. The van der Waals surface area contributed by atoms with E-state index in [-0.39, 0.29) is 29.9 Å². The minimum absolute atomic E-state index is 0.0617. The van der Waals surface area contributed by atoms with Gasteiger partial charge < -0.3 is 24.3 Å². The van der Waals surface area contributed by atoms with Crippen molar-refractivity contribution in [2.24, 2.45) is 0 Å². The molecule has 8 heteroatoms. The van der Waals surface area contributed by atoms with Gasteiger partial charge in [0.1, 0.15) is 6.10 Å². The normalized spacial score (nSPS) is 20.2. The highest BCUT2D eigenvalue weighted by Gasteiger charge is 2.34. The third-order valence-electron chi connectivity index (χ3n) is 5.57. The molecule has 8 nitrogen and oxygen atoms in total. The van der Waals surface area contributed by atoms with Crippen molar-refractivity contribution >= 4 is 11.9 Å². The lowest BCUT2D eigenvalue weighted by Crippen LogP contribution is -2.44. The molecule has 3 rings (SSSR count). The Morgan fingerprint density at radius 3 is 2.53 bits per heavy atom. The van der Waals surface area contributed by atoms with Crippen LogP contribution in [0.1, 0.15) is 54.9 Å². The molecule has 1 aromatic heterocycles. The maximum atomic E-state index is 12.9. The molecule has 1 heterocycles. The van der Waals surface area contributed by atoms with Crippen LogP contribution in [0, 0.1) is 0 Å². The third kappa shape index (κ3) is 5.69. The zero-order valence-corrected chi connectivity index (χ0v) is 18.9. The van der Waals surface area contributed by atoms with Crippen LogP contribution in [0.25, 0.3) is 0 Å². The van der Waals surface area contributed by atoms with Crippen LogP contribution < -0.4 is 19.5 Å². The Balaban J connectivity index is 1.85. The molecule has 0 bridgehead atoms. The molecule has 1 aliphatic rings. The molecular formula is C24H30N2O6. The molecule has 2 aromatic rings. The average Bonchev–Trinajstić information content (AvgIpc) is 2.80. The SMILES string of the molecule is CCOc1cc([C@H]2C[C@H](OC(C)=O)CC[C@H]2NC(=O)c2ccc(OC)nc2)ccc1OC. The fourth-order valence-electron chi connectivity index (χ4n) is 4.09. The van der Waals surface area contributed by atoms with Gasteiger partial charge in [-0.3, -0.25) is 9.59 Å². The number of hydrogen-bond donors (Lipinski definition) is 1. The second-order valence-corrected chi connectivity index (χ2v) is 7.66. The van der Waals surface area contributed by atoms with Gasteiger partial charge in [-0.15, -0.1) is 0 Å². The number of pyridine rings is 1. The number of aromatic nitrogens is 1. The van der Waals surface area contributed by atoms with E-state index in [1.807, 2.05) is 25.1 Å². The second-order valence-electron chi connectivity index (χ2n) is 7.66. The number of carbonyl (C=O) groups excluding carboxylic acids is 2. The van der Waals surface area contributed by atoms with E-state index in [0.717, 1.165) is 5.56 Å². The first-order valence-corrected chi connectivity index (χ1v) is 10.7. The lowest BCUT2D eigenvalue weighted by Gasteiger charge is -2.36. The Hall–Kier alpha value is -3.29. The third-order valence-corrected chi connectivity index (χ3v) is 5.57. The molecule has 0 aliphatic heterocycles. The van der Waals surface area contributed by atoms with Crippen LogP contribution in [0.2, 0.25) is 0 Å². The quantitative estimate of drug-likeness (QED) is 0.625. The first-order chi connectivity index (χ1) is 15.4. The monoisotopic (exact) mass is 442 g/mol. The summed E-state index contributed by atoms with van der Waals surface area (Å²) in [7, 11) is 3.13. The number of carbonyl (C=O) groups is 2. The number of nitrogens with zero attached hydrogens (tertiary/aromatic N) is 1. The number of rotatable bonds is 8. The van der Waals surface area contributed by atoms with Gasteiger partial charge in [0.15, 0.2) is 11.5 Å². The van der Waals surface area contributed by atoms with Crippen LogP contribution in [0.4, 0.5) is 0 Å². The maximum absolute atomic E-state index is 12.9. The van der Waals surface area contributed by atoms with E-state index in [1.165, 1.54) is 20.2 Å². The molecule has 0 radical (unpaired) electrons. The van der Waals surface area contributed by atoms with Crippen molar-refractivity contribution in [1.29, 1.82) is 0 Å². The minimum atomic E-state index is -0.301. The Labute approximate surface area is 188 Å². The summed E-state index contributed by atoms with van der Waals surface area (Å²) in [6.07, 6.45) is 3.24. The summed E-state index contributed by atoms with van der Waals surface area (Å²) in [5.41, 5.74) is 1.45. The van der Waals surface area contributed by atoms with Crippen molar-refractivity contribution in [2.45, 2.75) is 51.2 Å². The van der Waals surface area contributed by atoms with Crippen LogP contribution in [0.15, 0.2) is 36.5 Å². The highest BCUT2D eigenvalue weighted by molar-refractivity contribution is 5.94. The zero-order chi connectivity index (χ0) is 23.1. The Morgan fingerprint density at radius 2 is 1.91 bits per heavy atom. The summed E-state index contributed by atoms with van der Waals surface area (Å²) in [4.78, 5) is 28.5.